The normalized spacial score (nSPS) is 12.8. The lowest BCUT2D eigenvalue weighted by molar-refractivity contribution is -0.151. The van der Waals surface area contributed by atoms with Crippen molar-refractivity contribution in [1.82, 2.24) is 0 Å². The van der Waals surface area contributed by atoms with E-state index < -0.39 is 0 Å². The predicted molar refractivity (Wildman–Crippen MR) is 51.4 cm³/mol. The van der Waals surface area contributed by atoms with Crippen LogP contribution in [0.25, 0.3) is 0 Å². The number of hydrogen-bond acceptors (Lipinski definition) is 3. The van der Waals surface area contributed by atoms with Crippen LogP contribution in [0.2, 0.25) is 0 Å². The van der Waals surface area contributed by atoms with Gasteiger partial charge in [-0.1, -0.05) is 12.2 Å². The Labute approximate surface area is 79.0 Å². The fourth-order valence-electron chi connectivity index (χ4n) is 0.777. The lowest BCUT2D eigenvalue weighted by Crippen LogP contribution is -2.17. The van der Waals surface area contributed by atoms with E-state index in [-0.39, 0.29) is 18.7 Å². The van der Waals surface area contributed by atoms with Crippen LogP contribution >= 0.6 is 0 Å². The molecule has 0 rings (SSSR count). The molecule has 0 saturated carbocycles. The Morgan fingerprint density at radius 3 is 2.85 bits per heavy atom. The van der Waals surface area contributed by atoms with Crippen molar-refractivity contribution in [2.75, 3.05) is 13.2 Å². The second kappa shape index (κ2) is 7.55. The quantitative estimate of drug-likeness (QED) is 0.358. The Kier molecular flexibility index (Phi) is 6.92. The van der Waals surface area contributed by atoms with Gasteiger partial charge in [0.15, 0.2) is 0 Å². The predicted octanol–water partition coefficient (Wildman–Crippen LogP) is 1.70. The first-order chi connectivity index (χ1) is 6.20. The number of carbonyl (C=O) groups excluding carboxylic acids is 1. The smallest absolute Gasteiger partial charge is 0.332 e. The molecule has 74 valence electrons. The maximum atomic E-state index is 11.0. The van der Waals surface area contributed by atoms with Crippen LogP contribution in [0.4, 0.5) is 0 Å². The third kappa shape index (κ3) is 7.28. The van der Waals surface area contributed by atoms with Crippen molar-refractivity contribution in [1.29, 1.82) is 0 Å². The molecule has 0 bridgehead atoms. The van der Waals surface area contributed by atoms with Crippen molar-refractivity contribution in [3.05, 3.63) is 24.8 Å². The summed E-state index contributed by atoms with van der Waals surface area (Å²) in [6.07, 6.45) is 5.03. The van der Waals surface area contributed by atoms with E-state index in [0.29, 0.717) is 6.61 Å². The van der Waals surface area contributed by atoms with Crippen molar-refractivity contribution in [2.45, 2.75) is 20.0 Å². The van der Waals surface area contributed by atoms with Crippen molar-refractivity contribution < 1.29 is 14.3 Å². The largest absolute Gasteiger partial charge is 0.457 e. The molecule has 0 radical (unpaired) electrons. The van der Waals surface area contributed by atoms with Crippen LogP contribution < -0.4 is 0 Å². The Bertz CT molecular complexity index is 185. The summed E-state index contributed by atoms with van der Waals surface area (Å²) >= 11 is 0. The molecule has 0 aliphatic heterocycles. The number of ether oxygens (including phenoxy) is 2. The molecule has 13 heavy (non-hydrogen) atoms. The number of rotatable bonds is 6. The van der Waals surface area contributed by atoms with Gasteiger partial charge in [0.05, 0.1) is 6.61 Å². The van der Waals surface area contributed by atoms with Crippen LogP contribution in [0, 0.1) is 0 Å². The molecule has 0 N–H and O–H groups in total. The fourth-order valence-corrected chi connectivity index (χ4v) is 0.777. The van der Waals surface area contributed by atoms with E-state index in [9.17, 15) is 4.79 Å². The molecule has 0 fully saturated rings. The third-order valence-electron chi connectivity index (χ3n) is 1.24. The molecule has 1 atom stereocenters. The molecule has 1 unspecified atom stereocenters. The maximum absolute atomic E-state index is 11.0. The van der Waals surface area contributed by atoms with Gasteiger partial charge in [-0.25, -0.2) is 4.79 Å². The first kappa shape index (κ1) is 11.9. The molecule has 0 aromatic rings. The van der Waals surface area contributed by atoms with E-state index in [1.165, 1.54) is 0 Å². The highest BCUT2D eigenvalue weighted by atomic mass is 16.6. The standard InChI is InChI=1S/C10H16O3/c1-4-6-9(3)13-10(11)8-12-7-5-2/h4-6,9H,2,7-8H2,1,3H3/b6-4+. The van der Waals surface area contributed by atoms with Crippen molar-refractivity contribution in [3.8, 4) is 0 Å². The minimum Gasteiger partial charge on any atom is -0.457 e. The van der Waals surface area contributed by atoms with Crippen LogP contribution in [0.5, 0.6) is 0 Å². The first-order valence-corrected chi connectivity index (χ1v) is 4.21. The zero-order valence-electron chi connectivity index (χ0n) is 8.16. The highest BCUT2D eigenvalue weighted by molar-refractivity contribution is 5.71. The number of esters is 1. The molecule has 0 spiro atoms. The topological polar surface area (TPSA) is 35.5 Å². The Morgan fingerprint density at radius 2 is 2.31 bits per heavy atom. The van der Waals surface area contributed by atoms with E-state index in [0.717, 1.165) is 0 Å². The summed E-state index contributed by atoms with van der Waals surface area (Å²) in [5, 5.41) is 0. The molecule has 3 nitrogen and oxygen atoms in total. The van der Waals surface area contributed by atoms with Gasteiger partial charge < -0.3 is 9.47 Å². The Hall–Kier alpha value is -1.09. The van der Waals surface area contributed by atoms with Crippen molar-refractivity contribution in [2.24, 2.45) is 0 Å². The second-order valence-electron chi connectivity index (χ2n) is 2.52. The Balaban J connectivity index is 3.55. The van der Waals surface area contributed by atoms with Gasteiger partial charge in [0, 0.05) is 0 Å². The second-order valence-corrected chi connectivity index (χ2v) is 2.52. The summed E-state index contributed by atoms with van der Waals surface area (Å²) in [5.74, 6) is -0.354. The molecule has 0 saturated heterocycles. The monoisotopic (exact) mass is 184 g/mol. The SMILES string of the molecule is C=CCOCC(=O)OC(C)/C=C/C. The lowest BCUT2D eigenvalue weighted by atomic mass is 10.3. The van der Waals surface area contributed by atoms with Crippen molar-refractivity contribution >= 4 is 5.97 Å². The molecular weight excluding hydrogens is 168 g/mol. The summed E-state index contributed by atoms with van der Waals surface area (Å²) in [6.45, 7) is 7.48. The Morgan fingerprint density at radius 1 is 1.62 bits per heavy atom. The molecular formula is C10H16O3. The van der Waals surface area contributed by atoms with Crippen LogP contribution in [0.3, 0.4) is 0 Å². The van der Waals surface area contributed by atoms with E-state index >= 15 is 0 Å². The molecule has 0 heterocycles. The first-order valence-electron chi connectivity index (χ1n) is 4.21. The van der Waals surface area contributed by atoms with Gasteiger partial charge >= 0.3 is 5.97 Å². The van der Waals surface area contributed by atoms with Crippen molar-refractivity contribution in [3.63, 3.8) is 0 Å². The maximum Gasteiger partial charge on any atom is 0.332 e. The van der Waals surface area contributed by atoms with Gasteiger partial charge in [0.1, 0.15) is 12.7 Å². The lowest BCUT2D eigenvalue weighted by Gasteiger charge is -2.08. The molecule has 0 aromatic heterocycles. The van der Waals surface area contributed by atoms with Crippen LogP contribution in [0.15, 0.2) is 24.8 Å². The average molecular weight is 184 g/mol. The molecule has 0 aliphatic carbocycles. The fraction of sp³-hybridized carbons (Fsp3) is 0.500. The van der Waals surface area contributed by atoms with E-state index in [1.807, 2.05) is 13.0 Å². The van der Waals surface area contributed by atoms with Gasteiger partial charge in [-0.3, -0.25) is 0 Å². The summed E-state index contributed by atoms with van der Waals surface area (Å²) in [6, 6.07) is 0. The zero-order valence-corrected chi connectivity index (χ0v) is 8.16. The van der Waals surface area contributed by atoms with Gasteiger partial charge in [0.2, 0.25) is 0 Å². The number of carbonyl (C=O) groups is 1. The van der Waals surface area contributed by atoms with Crippen LogP contribution in [-0.4, -0.2) is 25.3 Å². The van der Waals surface area contributed by atoms with E-state index in [4.69, 9.17) is 9.47 Å². The minimum absolute atomic E-state index is 0.0199. The summed E-state index contributed by atoms with van der Waals surface area (Å²) in [5.41, 5.74) is 0. The van der Waals surface area contributed by atoms with Crippen LogP contribution in [0.1, 0.15) is 13.8 Å². The van der Waals surface area contributed by atoms with Gasteiger partial charge in [-0.05, 0) is 19.9 Å². The van der Waals surface area contributed by atoms with E-state index in [2.05, 4.69) is 6.58 Å². The van der Waals surface area contributed by atoms with Gasteiger partial charge in [-0.2, -0.15) is 0 Å². The zero-order chi connectivity index (χ0) is 10.1. The molecule has 0 aromatic carbocycles. The van der Waals surface area contributed by atoms with Gasteiger partial charge in [0.25, 0.3) is 0 Å². The highest BCUT2D eigenvalue weighted by Crippen LogP contribution is 1.94. The average Bonchev–Trinajstić information content (AvgIpc) is 2.05. The summed E-state index contributed by atoms with van der Waals surface area (Å²) in [7, 11) is 0. The highest BCUT2D eigenvalue weighted by Gasteiger charge is 2.05. The summed E-state index contributed by atoms with van der Waals surface area (Å²) < 4.78 is 9.86. The molecule has 0 aliphatic rings. The minimum atomic E-state index is -0.354. The van der Waals surface area contributed by atoms with E-state index in [1.54, 1.807) is 19.1 Å². The number of allylic oxidation sites excluding steroid dienone is 1. The number of hydrogen-bond donors (Lipinski definition) is 0. The molecule has 0 amide bonds. The summed E-state index contributed by atoms with van der Waals surface area (Å²) in [4.78, 5) is 11.0. The third-order valence-corrected chi connectivity index (χ3v) is 1.24. The molecule has 3 heteroatoms. The van der Waals surface area contributed by atoms with Crippen LogP contribution in [-0.2, 0) is 14.3 Å². The van der Waals surface area contributed by atoms with Gasteiger partial charge in [-0.15, -0.1) is 6.58 Å².